The second-order valence-corrected chi connectivity index (χ2v) is 6.51. The maximum atomic E-state index is 12.3. The number of piperazine rings is 1. The summed E-state index contributed by atoms with van der Waals surface area (Å²) in [4.78, 5) is 27.8. The highest BCUT2D eigenvalue weighted by Gasteiger charge is 2.22. The molecule has 24 heavy (non-hydrogen) atoms. The second-order valence-electron chi connectivity index (χ2n) is 5.67. The van der Waals surface area contributed by atoms with Crippen molar-refractivity contribution >= 4 is 40.8 Å². The van der Waals surface area contributed by atoms with Crippen molar-refractivity contribution in [3.63, 3.8) is 0 Å². The zero-order chi connectivity index (χ0) is 17.5. The molecule has 1 fully saturated rings. The fraction of sp³-hybridized carbons (Fsp3) is 0.500. The zero-order valence-corrected chi connectivity index (χ0v) is 15.2. The van der Waals surface area contributed by atoms with E-state index in [-0.39, 0.29) is 11.9 Å². The summed E-state index contributed by atoms with van der Waals surface area (Å²) in [6, 6.07) is 4.72. The largest absolute Gasteiger partial charge is 0.355 e. The van der Waals surface area contributed by atoms with Gasteiger partial charge in [-0.2, -0.15) is 0 Å². The van der Waals surface area contributed by atoms with Crippen molar-refractivity contribution in [2.24, 2.45) is 0 Å². The van der Waals surface area contributed by atoms with E-state index in [2.05, 4.69) is 10.6 Å². The number of halogens is 2. The van der Waals surface area contributed by atoms with E-state index in [1.165, 1.54) is 0 Å². The molecule has 0 saturated carbocycles. The second kappa shape index (κ2) is 9.11. The van der Waals surface area contributed by atoms with Crippen LogP contribution in [0.4, 0.5) is 10.5 Å². The van der Waals surface area contributed by atoms with Gasteiger partial charge in [0.1, 0.15) is 0 Å². The Morgan fingerprint density at radius 2 is 1.88 bits per heavy atom. The van der Waals surface area contributed by atoms with Gasteiger partial charge in [0, 0.05) is 37.7 Å². The van der Waals surface area contributed by atoms with Crippen molar-refractivity contribution in [2.45, 2.75) is 13.3 Å². The first-order valence-electron chi connectivity index (χ1n) is 7.99. The van der Waals surface area contributed by atoms with E-state index < -0.39 is 0 Å². The minimum absolute atomic E-state index is 0.0282. The van der Waals surface area contributed by atoms with Crippen molar-refractivity contribution in [2.75, 3.05) is 44.6 Å². The number of nitrogens with one attached hydrogen (secondary N) is 2. The van der Waals surface area contributed by atoms with Gasteiger partial charge in [-0.05, 0) is 24.6 Å². The quantitative estimate of drug-likeness (QED) is 0.834. The van der Waals surface area contributed by atoms with Crippen LogP contribution in [0, 0.1) is 0 Å². The molecule has 6 nitrogen and oxygen atoms in total. The topological polar surface area (TPSA) is 64.7 Å². The van der Waals surface area contributed by atoms with Crippen LogP contribution in [0.25, 0.3) is 0 Å². The number of rotatable bonds is 5. The Hall–Kier alpha value is -1.50. The molecule has 1 aliphatic heterocycles. The Labute approximate surface area is 152 Å². The third-order valence-corrected chi connectivity index (χ3v) is 4.33. The molecule has 0 bridgehead atoms. The van der Waals surface area contributed by atoms with Gasteiger partial charge in [0.2, 0.25) is 5.91 Å². The van der Waals surface area contributed by atoms with Crippen LogP contribution in [0.1, 0.15) is 13.3 Å². The summed E-state index contributed by atoms with van der Waals surface area (Å²) in [7, 11) is 0. The van der Waals surface area contributed by atoms with Crippen LogP contribution in [0.15, 0.2) is 18.2 Å². The molecule has 0 radical (unpaired) electrons. The Morgan fingerprint density at radius 3 is 2.54 bits per heavy atom. The predicted molar refractivity (Wildman–Crippen MR) is 96.8 cm³/mol. The molecule has 0 spiro atoms. The number of carbonyl (C=O) groups is 2. The van der Waals surface area contributed by atoms with Crippen molar-refractivity contribution in [3.8, 4) is 0 Å². The number of nitrogens with zero attached hydrogens (tertiary/aromatic N) is 2. The molecule has 0 aromatic heterocycles. The number of carbonyl (C=O) groups excluding carboxylic acids is 2. The van der Waals surface area contributed by atoms with Crippen LogP contribution in [-0.4, -0.2) is 61.0 Å². The molecule has 3 amide bonds. The molecule has 0 aliphatic carbocycles. The Morgan fingerprint density at radius 1 is 1.17 bits per heavy atom. The highest BCUT2D eigenvalue weighted by molar-refractivity contribution is 6.35. The molecule has 8 heteroatoms. The lowest BCUT2D eigenvalue weighted by atomic mass is 10.3. The van der Waals surface area contributed by atoms with E-state index in [4.69, 9.17) is 23.2 Å². The third-order valence-electron chi connectivity index (χ3n) is 3.77. The van der Waals surface area contributed by atoms with Gasteiger partial charge in [-0.15, -0.1) is 0 Å². The monoisotopic (exact) mass is 372 g/mol. The predicted octanol–water partition coefficient (Wildman–Crippen LogP) is 2.67. The minimum Gasteiger partial charge on any atom is -0.355 e. The van der Waals surface area contributed by atoms with Crippen LogP contribution < -0.4 is 10.6 Å². The Balaban J connectivity index is 1.80. The Bertz CT molecular complexity index is 589. The van der Waals surface area contributed by atoms with Crippen LogP contribution in [0.2, 0.25) is 10.0 Å². The summed E-state index contributed by atoms with van der Waals surface area (Å²) in [5.74, 6) is 0.0282. The summed E-state index contributed by atoms with van der Waals surface area (Å²) in [6.07, 6.45) is 0.922. The van der Waals surface area contributed by atoms with Crippen molar-refractivity contribution < 1.29 is 9.59 Å². The molecule has 2 N–H and O–H groups in total. The lowest BCUT2D eigenvalue weighted by Gasteiger charge is -2.34. The zero-order valence-electron chi connectivity index (χ0n) is 13.6. The fourth-order valence-corrected chi connectivity index (χ4v) is 2.76. The van der Waals surface area contributed by atoms with Gasteiger partial charge in [0.05, 0.1) is 17.3 Å². The number of amides is 3. The highest BCUT2D eigenvalue weighted by Crippen LogP contribution is 2.25. The molecule has 132 valence electrons. The summed E-state index contributed by atoms with van der Waals surface area (Å²) in [5.41, 5.74) is 0.496. The summed E-state index contributed by atoms with van der Waals surface area (Å²) in [5, 5.41) is 6.59. The van der Waals surface area contributed by atoms with Gasteiger partial charge in [-0.3, -0.25) is 9.69 Å². The van der Waals surface area contributed by atoms with Gasteiger partial charge in [0.25, 0.3) is 0 Å². The molecule has 2 rings (SSSR count). The van der Waals surface area contributed by atoms with E-state index in [1.807, 2.05) is 11.8 Å². The molecular weight excluding hydrogens is 351 g/mol. The maximum Gasteiger partial charge on any atom is 0.321 e. The molecule has 0 atom stereocenters. The first kappa shape index (κ1) is 18.8. The van der Waals surface area contributed by atoms with E-state index in [0.29, 0.717) is 55.0 Å². The van der Waals surface area contributed by atoms with E-state index >= 15 is 0 Å². The first-order chi connectivity index (χ1) is 11.5. The van der Waals surface area contributed by atoms with Gasteiger partial charge in [-0.25, -0.2) is 4.79 Å². The van der Waals surface area contributed by atoms with Gasteiger partial charge in [-0.1, -0.05) is 30.1 Å². The van der Waals surface area contributed by atoms with E-state index in [9.17, 15) is 9.59 Å². The van der Waals surface area contributed by atoms with Gasteiger partial charge in [0.15, 0.2) is 0 Å². The first-order valence-corrected chi connectivity index (χ1v) is 8.75. The summed E-state index contributed by atoms with van der Waals surface area (Å²) >= 11 is 12.0. The number of hydrogen-bond donors (Lipinski definition) is 2. The number of urea groups is 1. The molecule has 0 unspecified atom stereocenters. The summed E-state index contributed by atoms with van der Waals surface area (Å²) < 4.78 is 0. The highest BCUT2D eigenvalue weighted by atomic mass is 35.5. The number of benzene rings is 1. The molecule has 1 heterocycles. The number of anilines is 1. The molecular formula is C16H22Cl2N4O2. The van der Waals surface area contributed by atoms with Crippen molar-refractivity contribution in [3.05, 3.63) is 28.2 Å². The normalized spacial score (nSPS) is 15.2. The average molecular weight is 373 g/mol. The van der Waals surface area contributed by atoms with Crippen LogP contribution in [0.3, 0.4) is 0 Å². The van der Waals surface area contributed by atoms with Crippen LogP contribution in [-0.2, 0) is 4.79 Å². The van der Waals surface area contributed by atoms with Crippen LogP contribution in [0.5, 0.6) is 0 Å². The van der Waals surface area contributed by atoms with E-state index in [0.717, 1.165) is 6.42 Å². The SMILES string of the molecule is CCCNC(=O)CN1CCN(C(=O)Nc2cc(Cl)ccc2Cl)CC1. The number of hydrogen-bond acceptors (Lipinski definition) is 3. The van der Waals surface area contributed by atoms with Gasteiger partial charge >= 0.3 is 6.03 Å². The van der Waals surface area contributed by atoms with Gasteiger partial charge < -0.3 is 15.5 Å². The lowest BCUT2D eigenvalue weighted by molar-refractivity contribution is -0.122. The Kier molecular flexibility index (Phi) is 7.15. The van der Waals surface area contributed by atoms with E-state index in [1.54, 1.807) is 23.1 Å². The maximum absolute atomic E-state index is 12.3. The summed E-state index contributed by atoms with van der Waals surface area (Å²) in [6.45, 7) is 5.53. The van der Waals surface area contributed by atoms with Crippen molar-refractivity contribution in [1.29, 1.82) is 0 Å². The lowest BCUT2D eigenvalue weighted by Crippen LogP contribution is -2.52. The molecule has 1 aromatic carbocycles. The molecule has 1 aliphatic rings. The minimum atomic E-state index is -0.214. The average Bonchev–Trinajstić information content (AvgIpc) is 2.57. The smallest absolute Gasteiger partial charge is 0.321 e. The molecule has 1 aromatic rings. The third kappa shape index (κ3) is 5.54. The standard InChI is InChI=1S/C16H22Cl2N4O2/c1-2-5-19-15(23)11-21-6-8-22(9-7-21)16(24)20-14-10-12(17)3-4-13(14)18/h3-4,10H,2,5-9,11H2,1H3,(H,19,23)(H,20,24). The molecule has 1 saturated heterocycles. The fourth-order valence-electron chi connectivity index (χ4n) is 2.42. The van der Waals surface area contributed by atoms with Crippen molar-refractivity contribution in [1.82, 2.24) is 15.1 Å². The van der Waals surface area contributed by atoms with Crippen LogP contribution >= 0.6 is 23.2 Å².